The SMILES string of the molecule is CCNC(C)(C#N)CCCN(CCOC)C(C)CC. The minimum absolute atomic E-state index is 0.392. The highest BCUT2D eigenvalue weighted by Crippen LogP contribution is 2.13. The maximum Gasteiger partial charge on any atom is 0.103 e. The van der Waals surface area contributed by atoms with E-state index in [9.17, 15) is 5.26 Å². The monoisotopic (exact) mass is 269 g/mol. The van der Waals surface area contributed by atoms with Gasteiger partial charge in [-0.05, 0) is 46.2 Å². The zero-order valence-corrected chi connectivity index (χ0v) is 13.3. The molecule has 0 heterocycles. The highest BCUT2D eigenvalue weighted by atomic mass is 16.5. The number of methoxy groups -OCH3 is 1. The van der Waals surface area contributed by atoms with E-state index in [0.717, 1.165) is 45.5 Å². The molecule has 112 valence electrons. The van der Waals surface area contributed by atoms with Crippen molar-refractivity contribution in [3.63, 3.8) is 0 Å². The van der Waals surface area contributed by atoms with E-state index in [1.165, 1.54) is 0 Å². The Hall–Kier alpha value is -0.630. The van der Waals surface area contributed by atoms with Gasteiger partial charge in [-0.25, -0.2) is 0 Å². The number of hydrogen-bond donors (Lipinski definition) is 1. The molecular weight excluding hydrogens is 238 g/mol. The highest BCUT2D eigenvalue weighted by molar-refractivity contribution is 5.03. The van der Waals surface area contributed by atoms with Crippen molar-refractivity contribution >= 4 is 0 Å². The van der Waals surface area contributed by atoms with Crippen molar-refractivity contribution in [2.75, 3.05) is 33.4 Å². The minimum Gasteiger partial charge on any atom is -0.383 e. The summed E-state index contributed by atoms with van der Waals surface area (Å²) in [4.78, 5) is 2.45. The second kappa shape index (κ2) is 10.2. The Balaban J connectivity index is 4.20. The standard InChI is InChI=1S/C15H31N3O/c1-6-14(3)18(11-12-19-5)10-8-9-15(4,13-16)17-7-2/h14,17H,6-12H2,1-5H3. The molecule has 1 N–H and O–H groups in total. The first-order chi connectivity index (χ1) is 9.02. The zero-order valence-electron chi connectivity index (χ0n) is 13.3. The van der Waals surface area contributed by atoms with Crippen LogP contribution in [0.15, 0.2) is 0 Å². The lowest BCUT2D eigenvalue weighted by Crippen LogP contribution is -2.42. The first-order valence-corrected chi connectivity index (χ1v) is 7.42. The summed E-state index contributed by atoms with van der Waals surface area (Å²) in [6, 6.07) is 2.96. The van der Waals surface area contributed by atoms with E-state index < -0.39 is 5.54 Å². The van der Waals surface area contributed by atoms with Crippen molar-refractivity contribution < 1.29 is 4.74 Å². The number of hydrogen-bond acceptors (Lipinski definition) is 4. The molecule has 0 aromatic heterocycles. The molecule has 19 heavy (non-hydrogen) atoms. The Labute approximate surface area is 119 Å². The van der Waals surface area contributed by atoms with Crippen LogP contribution in [0.1, 0.15) is 47.0 Å². The Morgan fingerprint density at radius 2 is 2.05 bits per heavy atom. The summed E-state index contributed by atoms with van der Waals surface area (Å²) in [5.41, 5.74) is -0.392. The number of ether oxygens (including phenoxy) is 1. The maximum atomic E-state index is 9.23. The van der Waals surface area contributed by atoms with Gasteiger partial charge in [0.1, 0.15) is 5.54 Å². The van der Waals surface area contributed by atoms with Crippen molar-refractivity contribution in [3.05, 3.63) is 0 Å². The molecule has 0 aliphatic heterocycles. The van der Waals surface area contributed by atoms with Crippen molar-refractivity contribution in [2.45, 2.75) is 58.5 Å². The largest absolute Gasteiger partial charge is 0.383 e. The lowest BCUT2D eigenvalue weighted by molar-refractivity contribution is 0.120. The smallest absolute Gasteiger partial charge is 0.103 e. The summed E-state index contributed by atoms with van der Waals surface area (Å²) < 4.78 is 5.17. The van der Waals surface area contributed by atoms with Gasteiger partial charge < -0.3 is 4.74 Å². The summed E-state index contributed by atoms with van der Waals surface area (Å²) in [5.74, 6) is 0. The highest BCUT2D eigenvalue weighted by Gasteiger charge is 2.22. The maximum absolute atomic E-state index is 9.23. The summed E-state index contributed by atoms with van der Waals surface area (Å²) in [7, 11) is 1.74. The van der Waals surface area contributed by atoms with E-state index in [1.54, 1.807) is 7.11 Å². The fourth-order valence-corrected chi connectivity index (χ4v) is 2.23. The third-order valence-corrected chi connectivity index (χ3v) is 3.73. The van der Waals surface area contributed by atoms with Gasteiger partial charge in [0.05, 0.1) is 12.7 Å². The molecule has 2 atom stereocenters. The fourth-order valence-electron chi connectivity index (χ4n) is 2.23. The van der Waals surface area contributed by atoms with E-state index in [0.29, 0.717) is 6.04 Å². The van der Waals surface area contributed by atoms with Crippen LogP contribution in [0.25, 0.3) is 0 Å². The van der Waals surface area contributed by atoms with Crippen LogP contribution in [-0.2, 0) is 4.74 Å². The van der Waals surface area contributed by atoms with Crippen LogP contribution in [0.5, 0.6) is 0 Å². The molecule has 0 bridgehead atoms. The second-order valence-electron chi connectivity index (χ2n) is 5.36. The predicted octanol–water partition coefficient (Wildman–Crippen LogP) is 2.41. The average Bonchev–Trinajstić information content (AvgIpc) is 2.42. The van der Waals surface area contributed by atoms with Crippen LogP contribution < -0.4 is 5.32 Å². The van der Waals surface area contributed by atoms with Crippen molar-refractivity contribution in [2.24, 2.45) is 0 Å². The van der Waals surface area contributed by atoms with Crippen LogP contribution in [0.3, 0.4) is 0 Å². The summed E-state index contributed by atoms with van der Waals surface area (Å²) in [6.07, 6.45) is 3.06. The van der Waals surface area contributed by atoms with Gasteiger partial charge in [0.15, 0.2) is 0 Å². The van der Waals surface area contributed by atoms with Gasteiger partial charge in [0.25, 0.3) is 0 Å². The van der Waals surface area contributed by atoms with Crippen molar-refractivity contribution in [1.82, 2.24) is 10.2 Å². The molecule has 4 nitrogen and oxygen atoms in total. The van der Waals surface area contributed by atoms with Crippen LogP contribution in [0.2, 0.25) is 0 Å². The Bertz CT molecular complexity index is 265. The quantitative estimate of drug-likeness (QED) is 0.626. The molecule has 0 amide bonds. The van der Waals surface area contributed by atoms with Crippen LogP contribution in [0.4, 0.5) is 0 Å². The number of rotatable bonds is 11. The van der Waals surface area contributed by atoms with Crippen LogP contribution in [-0.4, -0.2) is 49.8 Å². The molecule has 0 aromatic rings. The number of nitriles is 1. The molecule has 0 aliphatic carbocycles. The molecule has 0 saturated heterocycles. The van der Waals surface area contributed by atoms with Gasteiger partial charge in [-0.3, -0.25) is 10.2 Å². The number of nitrogens with one attached hydrogen (secondary N) is 1. The predicted molar refractivity (Wildman–Crippen MR) is 80.1 cm³/mol. The summed E-state index contributed by atoms with van der Waals surface area (Å²) >= 11 is 0. The Morgan fingerprint density at radius 1 is 1.37 bits per heavy atom. The third-order valence-electron chi connectivity index (χ3n) is 3.73. The van der Waals surface area contributed by atoms with E-state index >= 15 is 0 Å². The van der Waals surface area contributed by atoms with Gasteiger partial charge in [0.2, 0.25) is 0 Å². The molecule has 0 radical (unpaired) electrons. The van der Waals surface area contributed by atoms with E-state index in [2.05, 4.69) is 30.1 Å². The van der Waals surface area contributed by atoms with Crippen LogP contribution in [0, 0.1) is 11.3 Å². The normalized spacial score (nSPS) is 16.1. The molecule has 0 rings (SSSR count). The van der Waals surface area contributed by atoms with E-state index in [4.69, 9.17) is 4.74 Å². The summed E-state index contributed by atoms with van der Waals surface area (Å²) in [5, 5.41) is 12.5. The topological polar surface area (TPSA) is 48.3 Å². The molecular formula is C15H31N3O. The van der Waals surface area contributed by atoms with Crippen LogP contribution >= 0.6 is 0 Å². The zero-order chi connectivity index (χ0) is 14.7. The van der Waals surface area contributed by atoms with Crippen molar-refractivity contribution in [1.29, 1.82) is 5.26 Å². The van der Waals surface area contributed by atoms with Gasteiger partial charge in [-0.15, -0.1) is 0 Å². The molecule has 0 fully saturated rings. The second-order valence-corrected chi connectivity index (χ2v) is 5.36. The fraction of sp³-hybridized carbons (Fsp3) is 0.933. The lowest BCUT2D eigenvalue weighted by Gasteiger charge is -2.30. The molecule has 4 heteroatoms. The van der Waals surface area contributed by atoms with Gasteiger partial charge in [-0.2, -0.15) is 5.26 Å². The van der Waals surface area contributed by atoms with E-state index in [1.807, 2.05) is 13.8 Å². The Morgan fingerprint density at radius 3 is 2.53 bits per heavy atom. The van der Waals surface area contributed by atoms with Gasteiger partial charge in [-0.1, -0.05) is 13.8 Å². The summed E-state index contributed by atoms with van der Waals surface area (Å²) in [6.45, 7) is 12.1. The lowest BCUT2D eigenvalue weighted by atomic mass is 9.97. The average molecular weight is 269 g/mol. The molecule has 2 unspecified atom stereocenters. The van der Waals surface area contributed by atoms with Gasteiger partial charge >= 0.3 is 0 Å². The third kappa shape index (κ3) is 7.51. The molecule has 0 saturated carbocycles. The first-order valence-electron chi connectivity index (χ1n) is 7.42. The van der Waals surface area contributed by atoms with Gasteiger partial charge in [0, 0.05) is 19.7 Å². The Kier molecular flexibility index (Phi) is 9.85. The van der Waals surface area contributed by atoms with E-state index in [-0.39, 0.29) is 0 Å². The molecule has 0 aromatic carbocycles. The molecule has 0 spiro atoms. The molecule has 0 aliphatic rings. The number of nitrogens with zero attached hydrogens (tertiary/aromatic N) is 2. The minimum atomic E-state index is -0.392. The first kappa shape index (κ1) is 18.4. The van der Waals surface area contributed by atoms with Crippen molar-refractivity contribution in [3.8, 4) is 6.07 Å².